The normalized spacial score (nSPS) is 44.8. The summed E-state index contributed by atoms with van der Waals surface area (Å²) in [5, 5.41) is 10.0. The second kappa shape index (κ2) is 4.87. The smallest absolute Gasteiger partial charge is 0.0695 e. The molecule has 98 valence electrons. The first-order chi connectivity index (χ1) is 8.25. The van der Waals surface area contributed by atoms with Crippen LogP contribution in [0.2, 0.25) is 0 Å². The van der Waals surface area contributed by atoms with Crippen LogP contribution in [0, 0.1) is 5.92 Å². The van der Waals surface area contributed by atoms with E-state index < -0.39 is 0 Å². The van der Waals surface area contributed by atoms with Gasteiger partial charge in [-0.25, -0.2) is 0 Å². The largest absolute Gasteiger partial charge is 0.391 e. The standard InChI is InChI=1S/C14H26N2O/c1-15-8-3-4-11-10-16(9-7-12(11)15)13-5-2-6-14(13)17/h11-14,17H,2-10H2,1H3. The maximum Gasteiger partial charge on any atom is 0.0695 e. The van der Waals surface area contributed by atoms with E-state index in [4.69, 9.17) is 0 Å². The van der Waals surface area contributed by atoms with Crippen molar-refractivity contribution >= 4 is 0 Å². The van der Waals surface area contributed by atoms with E-state index in [9.17, 15) is 5.11 Å². The van der Waals surface area contributed by atoms with Crippen LogP contribution in [0.3, 0.4) is 0 Å². The SMILES string of the molecule is CN1CCCC2CN(C3CCCC3O)CCC21. The molecule has 1 N–H and O–H groups in total. The van der Waals surface area contributed by atoms with Crippen molar-refractivity contribution in [2.24, 2.45) is 5.92 Å². The van der Waals surface area contributed by atoms with Crippen LogP contribution < -0.4 is 0 Å². The number of piperidine rings is 2. The molecule has 0 aromatic rings. The molecule has 3 fully saturated rings. The molecule has 17 heavy (non-hydrogen) atoms. The number of hydrogen-bond acceptors (Lipinski definition) is 3. The van der Waals surface area contributed by atoms with Crippen LogP contribution >= 0.6 is 0 Å². The Morgan fingerprint density at radius 2 is 1.82 bits per heavy atom. The fourth-order valence-electron chi connectivity index (χ4n) is 4.33. The Balaban J connectivity index is 1.63. The quantitative estimate of drug-likeness (QED) is 0.746. The predicted octanol–water partition coefficient (Wildman–Crippen LogP) is 1.32. The molecule has 0 amide bonds. The van der Waals surface area contributed by atoms with Crippen molar-refractivity contribution in [1.82, 2.24) is 9.80 Å². The van der Waals surface area contributed by atoms with Crippen LogP contribution in [0.1, 0.15) is 38.5 Å². The van der Waals surface area contributed by atoms with Crippen LogP contribution in [0.15, 0.2) is 0 Å². The lowest BCUT2D eigenvalue weighted by Crippen LogP contribution is -2.55. The second-order valence-electron chi connectivity index (χ2n) is 6.30. The summed E-state index contributed by atoms with van der Waals surface area (Å²) in [6.45, 7) is 3.72. The van der Waals surface area contributed by atoms with Crippen molar-refractivity contribution < 1.29 is 5.11 Å². The number of hydrogen-bond donors (Lipinski definition) is 1. The van der Waals surface area contributed by atoms with Crippen LogP contribution in [0.25, 0.3) is 0 Å². The summed E-state index contributed by atoms with van der Waals surface area (Å²) < 4.78 is 0. The number of rotatable bonds is 1. The second-order valence-corrected chi connectivity index (χ2v) is 6.30. The predicted molar refractivity (Wildman–Crippen MR) is 69.0 cm³/mol. The van der Waals surface area contributed by atoms with Gasteiger partial charge in [-0.2, -0.15) is 0 Å². The van der Waals surface area contributed by atoms with E-state index in [1.807, 2.05) is 0 Å². The molecule has 3 aliphatic rings. The summed E-state index contributed by atoms with van der Waals surface area (Å²) in [7, 11) is 2.29. The zero-order chi connectivity index (χ0) is 11.8. The van der Waals surface area contributed by atoms with Gasteiger partial charge < -0.3 is 10.0 Å². The van der Waals surface area contributed by atoms with Crippen molar-refractivity contribution in [3.05, 3.63) is 0 Å². The molecule has 1 aliphatic carbocycles. The molecule has 2 saturated heterocycles. The molecule has 0 aromatic heterocycles. The van der Waals surface area contributed by atoms with Gasteiger partial charge in [-0.1, -0.05) is 0 Å². The molecule has 0 bridgehead atoms. The Morgan fingerprint density at radius 3 is 2.59 bits per heavy atom. The summed E-state index contributed by atoms with van der Waals surface area (Å²) in [4.78, 5) is 5.16. The molecular formula is C14H26N2O. The monoisotopic (exact) mass is 238 g/mol. The van der Waals surface area contributed by atoms with Gasteiger partial charge in [-0.3, -0.25) is 4.90 Å². The Labute approximate surface area is 105 Å². The third kappa shape index (κ3) is 2.25. The van der Waals surface area contributed by atoms with Crippen molar-refractivity contribution in [1.29, 1.82) is 0 Å². The fraction of sp³-hybridized carbons (Fsp3) is 1.00. The first-order valence-corrected chi connectivity index (χ1v) is 7.38. The maximum absolute atomic E-state index is 10.0. The molecule has 4 atom stereocenters. The van der Waals surface area contributed by atoms with Gasteiger partial charge in [0, 0.05) is 25.2 Å². The number of aliphatic hydroxyl groups excluding tert-OH is 1. The van der Waals surface area contributed by atoms with Gasteiger partial charge in [-0.15, -0.1) is 0 Å². The minimum atomic E-state index is -0.0483. The Morgan fingerprint density at radius 1 is 0.941 bits per heavy atom. The van der Waals surface area contributed by atoms with Gasteiger partial charge in [0.1, 0.15) is 0 Å². The third-order valence-corrected chi connectivity index (χ3v) is 5.29. The van der Waals surface area contributed by atoms with Crippen molar-refractivity contribution in [2.75, 3.05) is 26.7 Å². The van der Waals surface area contributed by atoms with E-state index in [1.165, 1.54) is 51.7 Å². The van der Waals surface area contributed by atoms with Crippen LogP contribution in [-0.4, -0.2) is 59.8 Å². The number of nitrogens with zero attached hydrogens (tertiary/aromatic N) is 2. The minimum absolute atomic E-state index is 0.0483. The highest BCUT2D eigenvalue weighted by Crippen LogP contribution is 2.33. The van der Waals surface area contributed by atoms with Gasteiger partial charge in [-0.05, 0) is 58.0 Å². The molecule has 4 unspecified atom stereocenters. The lowest BCUT2D eigenvalue weighted by atomic mass is 9.83. The van der Waals surface area contributed by atoms with Crippen molar-refractivity contribution in [3.8, 4) is 0 Å². The first-order valence-electron chi connectivity index (χ1n) is 7.38. The van der Waals surface area contributed by atoms with Gasteiger partial charge >= 0.3 is 0 Å². The molecule has 1 saturated carbocycles. The molecule has 2 aliphatic heterocycles. The highest BCUT2D eigenvalue weighted by Gasteiger charge is 2.39. The number of likely N-dealkylation sites (tertiary alicyclic amines) is 2. The number of fused-ring (bicyclic) bond motifs is 1. The van der Waals surface area contributed by atoms with Crippen LogP contribution in [-0.2, 0) is 0 Å². The lowest BCUT2D eigenvalue weighted by Gasteiger charge is -2.48. The van der Waals surface area contributed by atoms with E-state index in [1.54, 1.807) is 0 Å². The lowest BCUT2D eigenvalue weighted by molar-refractivity contribution is -0.00687. The zero-order valence-electron chi connectivity index (χ0n) is 11.0. The van der Waals surface area contributed by atoms with E-state index in [-0.39, 0.29) is 6.10 Å². The summed E-state index contributed by atoms with van der Waals surface area (Å²) in [5.41, 5.74) is 0. The summed E-state index contributed by atoms with van der Waals surface area (Å²) in [6.07, 6.45) is 7.48. The Kier molecular flexibility index (Phi) is 3.42. The molecule has 3 nitrogen and oxygen atoms in total. The summed E-state index contributed by atoms with van der Waals surface area (Å²) >= 11 is 0. The fourth-order valence-corrected chi connectivity index (χ4v) is 4.33. The van der Waals surface area contributed by atoms with Gasteiger partial charge in [0.25, 0.3) is 0 Å². The van der Waals surface area contributed by atoms with Gasteiger partial charge in [0.15, 0.2) is 0 Å². The van der Waals surface area contributed by atoms with Crippen molar-refractivity contribution in [3.63, 3.8) is 0 Å². The Hall–Kier alpha value is -0.120. The highest BCUT2D eigenvalue weighted by atomic mass is 16.3. The third-order valence-electron chi connectivity index (χ3n) is 5.29. The average Bonchev–Trinajstić information content (AvgIpc) is 2.75. The number of aliphatic hydroxyl groups is 1. The van der Waals surface area contributed by atoms with E-state index in [0.29, 0.717) is 6.04 Å². The summed E-state index contributed by atoms with van der Waals surface area (Å²) in [6, 6.07) is 1.29. The van der Waals surface area contributed by atoms with Crippen LogP contribution in [0.5, 0.6) is 0 Å². The maximum atomic E-state index is 10.0. The highest BCUT2D eigenvalue weighted by molar-refractivity contribution is 4.94. The first kappa shape index (κ1) is 11.9. The molecule has 0 aromatic carbocycles. The summed E-state index contributed by atoms with van der Waals surface area (Å²) in [5.74, 6) is 0.857. The molecule has 2 heterocycles. The molecule has 3 heteroatoms. The molecule has 0 radical (unpaired) electrons. The Bertz CT molecular complexity index is 271. The van der Waals surface area contributed by atoms with Gasteiger partial charge in [0.2, 0.25) is 0 Å². The van der Waals surface area contributed by atoms with E-state index in [2.05, 4.69) is 16.8 Å². The average molecular weight is 238 g/mol. The minimum Gasteiger partial charge on any atom is -0.391 e. The molecule has 3 rings (SSSR count). The van der Waals surface area contributed by atoms with E-state index >= 15 is 0 Å². The van der Waals surface area contributed by atoms with Gasteiger partial charge in [0.05, 0.1) is 6.10 Å². The molecule has 0 spiro atoms. The zero-order valence-corrected chi connectivity index (χ0v) is 11.0. The van der Waals surface area contributed by atoms with E-state index in [0.717, 1.165) is 18.4 Å². The van der Waals surface area contributed by atoms with Crippen LogP contribution in [0.4, 0.5) is 0 Å². The topological polar surface area (TPSA) is 26.7 Å². The van der Waals surface area contributed by atoms with Crippen molar-refractivity contribution in [2.45, 2.75) is 56.7 Å². The molecular weight excluding hydrogens is 212 g/mol.